The first kappa shape index (κ1) is 26.6. The van der Waals surface area contributed by atoms with E-state index in [2.05, 4.69) is 20.3 Å². The smallest absolute Gasteiger partial charge is 0.271 e. The molecule has 204 valence electrons. The van der Waals surface area contributed by atoms with Crippen LogP contribution < -0.4 is 25.4 Å². The van der Waals surface area contributed by atoms with E-state index in [9.17, 15) is 4.79 Å². The monoisotopic (exact) mass is 550 g/mol. The van der Waals surface area contributed by atoms with Gasteiger partial charge in [0.15, 0.2) is 16.5 Å². The van der Waals surface area contributed by atoms with Crippen molar-refractivity contribution in [1.82, 2.24) is 19.9 Å². The van der Waals surface area contributed by atoms with Crippen LogP contribution in [0.5, 0.6) is 11.5 Å². The molecule has 1 amide bonds. The van der Waals surface area contributed by atoms with Crippen LogP contribution in [-0.2, 0) is 24.3 Å². The Bertz CT molecular complexity index is 1490. The van der Waals surface area contributed by atoms with Crippen LogP contribution in [0.15, 0.2) is 48.7 Å². The van der Waals surface area contributed by atoms with E-state index in [4.69, 9.17) is 31.5 Å². The Kier molecular flexibility index (Phi) is 7.76. The van der Waals surface area contributed by atoms with E-state index < -0.39 is 0 Å². The van der Waals surface area contributed by atoms with Crippen LogP contribution in [0.2, 0.25) is 5.15 Å². The zero-order valence-corrected chi connectivity index (χ0v) is 22.9. The Morgan fingerprint density at radius 3 is 2.64 bits per heavy atom. The highest BCUT2D eigenvalue weighted by molar-refractivity contribution is 6.30. The molecule has 5 rings (SSSR count). The highest BCUT2D eigenvalue weighted by atomic mass is 35.5. The van der Waals surface area contributed by atoms with Crippen molar-refractivity contribution in [1.29, 1.82) is 0 Å². The molecule has 0 radical (unpaired) electrons. The lowest BCUT2D eigenvalue weighted by atomic mass is 10.2. The number of nitrogens with two attached hydrogens (primary N) is 1. The van der Waals surface area contributed by atoms with Gasteiger partial charge in [-0.2, -0.15) is 5.10 Å². The number of ether oxygens (including phenoxy) is 3. The molecule has 0 bridgehead atoms. The standard InChI is InChI=1S/C28H31ClN6O4/c1-17(15-39-16-19-6-9-24(38-3)22(30)12-19)32-28(36)23-13-31-27-25-21(26(29)33-35(23)27)10-11-34(25)14-18-4-7-20(37-2)8-5-18/h4-9,12-13,17H,10-11,14-16,30H2,1-3H3,(H,32,36)/t17-/m1/s1. The summed E-state index contributed by atoms with van der Waals surface area (Å²) in [4.78, 5) is 19.9. The summed E-state index contributed by atoms with van der Waals surface area (Å²) in [5.41, 5.74) is 11.3. The fourth-order valence-corrected chi connectivity index (χ4v) is 4.99. The number of benzene rings is 2. The molecule has 3 heterocycles. The average Bonchev–Trinajstić information content (AvgIpc) is 3.54. The predicted molar refractivity (Wildman–Crippen MR) is 150 cm³/mol. The van der Waals surface area contributed by atoms with Crippen LogP contribution in [0, 0.1) is 0 Å². The molecule has 0 saturated heterocycles. The maximum atomic E-state index is 13.2. The lowest BCUT2D eigenvalue weighted by molar-refractivity contribution is 0.0815. The van der Waals surface area contributed by atoms with Crippen LogP contribution in [0.1, 0.15) is 34.1 Å². The number of anilines is 2. The Balaban J connectivity index is 1.26. The fourth-order valence-electron chi connectivity index (χ4n) is 4.73. The topological polar surface area (TPSA) is 116 Å². The number of methoxy groups -OCH3 is 2. The van der Waals surface area contributed by atoms with Crippen LogP contribution in [-0.4, -0.2) is 53.9 Å². The van der Waals surface area contributed by atoms with Gasteiger partial charge in [-0.15, -0.1) is 0 Å². The number of nitrogen functional groups attached to an aromatic ring is 1. The first-order chi connectivity index (χ1) is 18.9. The maximum absolute atomic E-state index is 13.2. The second-order valence-electron chi connectivity index (χ2n) is 9.48. The number of nitrogens with zero attached hydrogens (tertiary/aromatic N) is 4. The Morgan fingerprint density at radius 2 is 1.92 bits per heavy atom. The summed E-state index contributed by atoms with van der Waals surface area (Å²) in [6.07, 6.45) is 2.29. The molecule has 0 unspecified atom stereocenters. The molecule has 1 aliphatic rings. The predicted octanol–water partition coefficient (Wildman–Crippen LogP) is 3.88. The lowest BCUT2D eigenvalue weighted by Gasteiger charge is -2.20. The minimum Gasteiger partial charge on any atom is -0.497 e. The molecule has 10 nitrogen and oxygen atoms in total. The quantitative estimate of drug-likeness (QED) is 0.286. The molecule has 0 spiro atoms. The van der Waals surface area contributed by atoms with Gasteiger partial charge in [0.2, 0.25) is 0 Å². The van der Waals surface area contributed by atoms with Gasteiger partial charge in [0.25, 0.3) is 5.91 Å². The Morgan fingerprint density at radius 1 is 1.15 bits per heavy atom. The van der Waals surface area contributed by atoms with Gasteiger partial charge >= 0.3 is 0 Å². The van der Waals surface area contributed by atoms with Gasteiger partial charge in [-0.3, -0.25) is 4.79 Å². The van der Waals surface area contributed by atoms with E-state index in [1.807, 2.05) is 43.3 Å². The van der Waals surface area contributed by atoms with Gasteiger partial charge in [0.1, 0.15) is 11.5 Å². The van der Waals surface area contributed by atoms with Crippen molar-refractivity contribution in [2.75, 3.05) is 38.0 Å². The van der Waals surface area contributed by atoms with Crippen molar-refractivity contribution in [2.45, 2.75) is 32.5 Å². The molecule has 2 aromatic heterocycles. The normalized spacial score (nSPS) is 13.4. The summed E-state index contributed by atoms with van der Waals surface area (Å²) in [5.74, 6) is 1.12. The number of carbonyl (C=O) groups is 1. The van der Waals surface area contributed by atoms with Crippen molar-refractivity contribution in [3.63, 3.8) is 0 Å². The van der Waals surface area contributed by atoms with Gasteiger partial charge in [0.05, 0.1) is 45.0 Å². The van der Waals surface area contributed by atoms with Gasteiger partial charge in [-0.05, 0) is 48.7 Å². The SMILES string of the molecule is COc1ccc(CN2CCc3c(Cl)nn4c(C(=O)N[C@H](C)COCc5ccc(OC)c(N)c5)cnc4c32)cc1. The third kappa shape index (κ3) is 5.57. The molecule has 1 aliphatic heterocycles. The van der Waals surface area contributed by atoms with E-state index in [0.717, 1.165) is 41.1 Å². The number of nitrogens with one attached hydrogen (secondary N) is 1. The zero-order valence-electron chi connectivity index (χ0n) is 22.1. The number of fused-ring (bicyclic) bond motifs is 3. The highest BCUT2D eigenvalue weighted by Gasteiger charge is 2.29. The van der Waals surface area contributed by atoms with Crippen LogP contribution in [0.4, 0.5) is 11.4 Å². The first-order valence-corrected chi connectivity index (χ1v) is 13.0. The van der Waals surface area contributed by atoms with Gasteiger partial charge < -0.3 is 30.2 Å². The lowest BCUT2D eigenvalue weighted by Crippen LogP contribution is -2.36. The fraction of sp³-hybridized carbons (Fsp3) is 0.321. The maximum Gasteiger partial charge on any atom is 0.271 e. The van der Waals surface area contributed by atoms with Crippen molar-refractivity contribution in [3.05, 3.63) is 76.2 Å². The Labute approximate surface area is 231 Å². The molecule has 4 aromatic rings. The number of halogens is 1. The second kappa shape index (κ2) is 11.4. The number of rotatable bonds is 10. The number of amides is 1. The van der Waals surface area contributed by atoms with Crippen molar-refractivity contribution >= 4 is 34.5 Å². The molecule has 0 aliphatic carbocycles. The summed E-state index contributed by atoms with van der Waals surface area (Å²) < 4.78 is 17.8. The van der Waals surface area contributed by atoms with E-state index in [1.165, 1.54) is 10.7 Å². The molecule has 0 fully saturated rings. The van der Waals surface area contributed by atoms with Gasteiger partial charge in [-0.1, -0.05) is 29.8 Å². The zero-order chi connectivity index (χ0) is 27.5. The van der Waals surface area contributed by atoms with Gasteiger partial charge in [0, 0.05) is 24.7 Å². The number of aromatic nitrogens is 3. The number of imidazole rings is 1. The average molecular weight is 551 g/mol. The van der Waals surface area contributed by atoms with Crippen molar-refractivity contribution < 1.29 is 19.0 Å². The molecule has 1 atom stereocenters. The van der Waals surface area contributed by atoms with Crippen molar-refractivity contribution in [3.8, 4) is 11.5 Å². The molecular formula is C28H31ClN6O4. The molecule has 39 heavy (non-hydrogen) atoms. The Hall–Kier alpha value is -4.02. The molecule has 2 aromatic carbocycles. The third-order valence-electron chi connectivity index (χ3n) is 6.69. The first-order valence-electron chi connectivity index (χ1n) is 12.6. The minimum absolute atomic E-state index is 0.255. The molecular weight excluding hydrogens is 520 g/mol. The summed E-state index contributed by atoms with van der Waals surface area (Å²) in [6.45, 7) is 4.00. The third-order valence-corrected chi connectivity index (χ3v) is 7.00. The number of carbonyl (C=O) groups excluding carboxylic acids is 1. The summed E-state index contributed by atoms with van der Waals surface area (Å²) in [5, 5.41) is 7.82. The largest absolute Gasteiger partial charge is 0.497 e. The second-order valence-corrected chi connectivity index (χ2v) is 9.84. The van der Waals surface area contributed by atoms with E-state index in [1.54, 1.807) is 20.3 Å². The summed E-state index contributed by atoms with van der Waals surface area (Å²) >= 11 is 6.58. The van der Waals surface area contributed by atoms with Crippen LogP contribution >= 0.6 is 11.6 Å². The summed E-state index contributed by atoms with van der Waals surface area (Å²) in [6, 6.07) is 13.2. The van der Waals surface area contributed by atoms with E-state index >= 15 is 0 Å². The molecule has 11 heteroatoms. The van der Waals surface area contributed by atoms with Crippen LogP contribution in [0.3, 0.4) is 0 Å². The minimum atomic E-state index is -0.310. The number of hydrogen-bond acceptors (Lipinski definition) is 8. The highest BCUT2D eigenvalue weighted by Crippen LogP contribution is 2.37. The molecule has 0 saturated carbocycles. The summed E-state index contributed by atoms with van der Waals surface area (Å²) in [7, 11) is 3.22. The van der Waals surface area contributed by atoms with E-state index in [-0.39, 0.29) is 11.9 Å². The van der Waals surface area contributed by atoms with Gasteiger partial charge in [-0.25, -0.2) is 9.50 Å². The van der Waals surface area contributed by atoms with Crippen molar-refractivity contribution in [2.24, 2.45) is 0 Å². The van der Waals surface area contributed by atoms with Crippen LogP contribution in [0.25, 0.3) is 5.65 Å². The number of hydrogen-bond donors (Lipinski definition) is 2. The van der Waals surface area contributed by atoms with E-state index in [0.29, 0.717) is 47.7 Å². The molecule has 3 N–H and O–H groups in total.